The average molecular weight is 446 g/mol. The number of benzene rings is 2. The number of anilines is 2. The summed E-state index contributed by atoms with van der Waals surface area (Å²) in [5, 5.41) is 11.9. The summed E-state index contributed by atoms with van der Waals surface area (Å²) in [5.74, 6) is 0.683. The molecule has 6 nitrogen and oxygen atoms in total. The Labute approximate surface area is 170 Å². The minimum Gasteiger partial charge on any atom is -0.399 e. The Morgan fingerprint density at radius 3 is 2.48 bits per heavy atom. The monoisotopic (exact) mass is 445 g/mol. The summed E-state index contributed by atoms with van der Waals surface area (Å²) in [6.07, 6.45) is 0.678. The van der Waals surface area contributed by atoms with E-state index >= 15 is 0 Å². The van der Waals surface area contributed by atoms with Crippen LogP contribution < -0.4 is 11.1 Å². The molecule has 8 heteroatoms. The van der Waals surface area contributed by atoms with Gasteiger partial charge >= 0.3 is 0 Å². The lowest BCUT2D eigenvalue weighted by Gasteiger charge is -2.14. The first kappa shape index (κ1) is 19.4. The second-order valence-electron chi connectivity index (χ2n) is 6.00. The highest BCUT2D eigenvalue weighted by Crippen LogP contribution is 2.28. The molecule has 0 bridgehead atoms. The lowest BCUT2D eigenvalue weighted by Crippen LogP contribution is -2.25. The fourth-order valence-corrected chi connectivity index (χ4v) is 3.69. The number of nitrogen functional groups attached to an aromatic ring is 1. The molecule has 3 N–H and O–H groups in total. The molecule has 0 fully saturated rings. The van der Waals surface area contributed by atoms with E-state index in [9.17, 15) is 4.79 Å². The molecule has 1 atom stereocenters. The van der Waals surface area contributed by atoms with Crippen LogP contribution >= 0.6 is 27.7 Å². The third-order valence-electron chi connectivity index (χ3n) is 4.03. The van der Waals surface area contributed by atoms with Gasteiger partial charge in [-0.2, -0.15) is 0 Å². The first-order valence-electron chi connectivity index (χ1n) is 8.46. The molecule has 3 rings (SSSR count). The van der Waals surface area contributed by atoms with E-state index in [0.717, 1.165) is 21.5 Å². The maximum atomic E-state index is 12.6. The largest absolute Gasteiger partial charge is 0.399 e. The quantitative estimate of drug-likeness (QED) is 0.435. The minimum absolute atomic E-state index is 0.0538. The zero-order chi connectivity index (χ0) is 19.4. The Bertz CT molecular complexity index is 924. The molecule has 1 aromatic heterocycles. The molecule has 0 saturated heterocycles. The van der Waals surface area contributed by atoms with Crippen LogP contribution in [0.2, 0.25) is 0 Å². The van der Waals surface area contributed by atoms with Gasteiger partial charge in [0.05, 0.1) is 5.25 Å². The smallest absolute Gasteiger partial charge is 0.237 e. The number of aromatic nitrogens is 3. The van der Waals surface area contributed by atoms with E-state index in [2.05, 4.69) is 31.4 Å². The van der Waals surface area contributed by atoms with Crippen molar-refractivity contribution < 1.29 is 4.79 Å². The van der Waals surface area contributed by atoms with Gasteiger partial charge in [0.1, 0.15) is 0 Å². The van der Waals surface area contributed by atoms with Crippen LogP contribution in [0.3, 0.4) is 0 Å². The van der Waals surface area contributed by atoms with Crippen LogP contribution in [0.5, 0.6) is 0 Å². The molecule has 27 heavy (non-hydrogen) atoms. The highest BCUT2D eigenvalue weighted by molar-refractivity contribution is 9.10. The molecule has 0 radical (unpaired) electrons. The predicted octanol–water partition coefficient (Wildman–Crippen LogP) is 4.34. The second kappa shape index (κ2) is 8.58. The SMILES string of the molecule is CC[C@H](Sc1nnc(-c2ccc(N)cc2)n1C)C(=O)Nc1ccc(Br)cc1. The van der Waals surface area contributed by atoms with E-state index in [1.165, 1.54) is 11.8 Å². The first-order valence-corrected chi connectivity index (χ1v) is 10.1. The van der Waals surface area contributed by atoms with Gasteiger partial charge in [0, 0.05) is 28.5 Å². The van der Waals surface area contributed by atoms with E-state index < -0.39 is 0 Å². The van der Waals surface area contributed by atoms with E-state index in [1.807, 2.05) is 67.1 Å². The van der Waals surface area contributed by atoms with Gasteiger partial charge < -0.3 is 15.6 Å². The van der Waals surface area contributed by atoms with Crippen LogP contribution in [0.15, 0.2) is 58.2 Å². The highest BCUT2D eigenvalue weighted by Gasteiger charge is 2.22. The molecular formula is C19H20BrN5OS. The van der Waals surface area contributed by atoms with Gasteiger partial charge in [-0.05, 0) is 55.0 Å². The van der Waals surface area contributed by atoms with Crippen molar-refractivity contribution in [1.82, 2.24) is 14.8 Å². The fourth-order valence-electron chi connectivity index (χ4n) is 2.51. The van der Waals surface area contributed by atoms with Crippen molar-refractivity contribution in [3.8, 4) is 11.4 Å². The van der Waals surface area contributed by atoms with Crippen LogP contribution in [-0.4, -0.2) is 25.9 Å². The number of amides is 1. The zero-order valence-corrected chi connectivity index (χ0v) is 17.4. The molecule has 1 amide bonds. The van der Waals surface area contributed by atoms with E-state index in [4.69, 9.17) is 5.73 Å². The summed E-state index contributed by atoms with van der Waals surface area (Å²) in [7, 11) is 1.90. The van der Waals surface area contributed by atoms with Crippen LogP contribution in [0.25, 0.3) is 11.4 Å². The van der Waals surface area contributed by atoms with Gasteiger partial charge in [0.2, 0.25) is 5.91 Å². The number of nitrogens with two attached hydrogens (primary N) is 1. The summed E-state index contributed by atoms with van der Waals surface area (Å²) in [4.78, 5) is 12.6. The van der Waals surface area contributed by atoms with E-state index in [-0.39, 0.29) is 11.2 Å². The van der Waals surface area contributed by atoms with Crippen molar-refractivity contribution in [2.75, 3.05) is 11.1 Å². The molecule has 140 valence electrons. The summed E-state index contributed by atoms with van der Waals surface area (Å²) in [5.41, 5.74) is 8.14. The summed E-state index contributed by atoms with van der Waals surface area (Å²) < 4.78 is 2.86. The van der Waals surface area contributed by atoms with Gasteiger partial charge in [-0.1, -0.05) is 34.6 Å². The molecule has 0 aliphatic rings. The number of hydrogen-bond donors (Lipinski definition) is 2. The van der Waals surface area contributed by atoms with Crippen LogP contribution in [0, 0.1) is 0 Å². The first-order chi connectivity index (χ1) is 13.0. The van der Waals surface area contributed by atoms with Gasteiger partial charge in [0.15, 0.2) is 11.0 Å². The number of hydrogen-bond acceptors (Lipinski definition) is 5. The second-order valence-corrected chi connectivity index (χ2v) is 8.08. The molecular weight excluding hydrogens is 426 g/mol. The van der Waals surface area contributed by atoms with E-state index in [1.54, 1.807) is 0 Å². The number of nitrogens with one attached hydrogen (secondary N) is 1. The number of carbonyl (C=O) groups is 1. The van der Waals surface area contributed by atoms with Crippen molar-refractivity contribution in [2.24, 2.45) is 7.05 Å². The molecule has 2 aromatic carbocycles. The Morgan fingerprint density at radius 1 is 1.19 bits per heavy atom. The normalized spacial score (nSPS) is 12.0. The number of nitrogens with zero attached hydrogens (tertiary/aromatic N) is 3. The van der Waals surface area contributed by atoms with Gasteiger partial charge in [-0.15, -0.1) is 10.2 Å². The third-order valence-corrected chi connectivity index (χ3v) is 5.95. The van der Waals surface area contributed by atoms with Crippen molar-refractivity contribution in [3.05, 3.63) is 53.0 Å². The van der Waals surface area contributed by atoms with Crippen LogP contribution in [0.1, 0.15) is 13.3 Å². The molecule has 0 spiro atoms. The van der Waals surface area contributed by atoms with E-state index in [0.29, 0.717) is 17.3 Å². The Kier molecular flexibility index (Phi) is 6.18. The number of thioether (sulfide) groups is 1. The van der Waals surface area contributed by atoms with Crippen LogP contribution in [-0.2, 0) is 11.8 Å². The summed E-state index contributed by atoms with van der Waals surface area (Å²) in [6, 6.07) is 15.0. The molecule has 0 saturated carbocycles. The molecule has 0 aliphatic carbocycles. The van der Waals surface area contributed by atoms with Gasteiger partial charge in [0.25, 0.3) is 0 Å². The minimum atomic E-state index is -0.268. The number of halogens is 1. The Morgan fingerprint density at radius 2 is 1.85 bits per heavy atom. The highest BCUT2D eigenvalue weighted by atomic mass is 79.9. The Hall–Kier alpha value is -2.32. The van der Waals surface area contributed by atoms with Crippen molar-refractivity contribution >= 4 is 45.0 Å². The lowest BCUT2D eigenvalue weighted by atomic mass is 10.2. The fraction of sp³-hybridized carbons (Fsp3) is 0.211. The molecule has 0 unspecified atom stereocenters. The maximum absolute atomic E-state index is 12.6. The molecule has 3 aromatic rings. The Balaban J connectivity index is 1.73. The number of rotatable bonds is 6. The van der Waals surface area contributed by atoms with Crippen molar-refractivity contribution in [3.63, 3.8) is 0 Å². The number of carbonyl (C=O) groups excluding carboxylic acids is 1. The van der Waals surface area contributed by atoms with Crippen molar-refractivity contribution in [1.29, 1.82) is 0 Å². The van der Waals surface area contributed by atoms with Crippen molar-refractivity contribution in [2.45, 2.75) is 23.8 Å². The molecule has 0 aliphatic heterocycles. The average Bonchev–Trinajstić information content (AvgIpc) is 3.02. The predicted molar refractivity (Wildman–Crippen MR) is 114 cm³/mol. The third kappa shape index (κ3) is 4.70. The maximum Gasteiger partial charge on any atom is 0.237 e. The van der Waals surface area contributed by atoms with Gasteiger partial charge in [-0.25, -0.2) is 0 Å². The summed E-state index contributed by atoms with van der Waals surface area (Å²) >= 11 is 4.80. The zero-order valence-electron chi connectivity index (χ0n) is 15.0. The summed E-state index contributed by atoms with van der Waals surface area (Å²) in [6.45, 7) is 1.98. The lowest BCUT2D eigenvalue weighted by molar-refractivity contribution is -0.115. The standard InChI is InChI=1S/C19H20BrN5OS/c1-3-16(18(26)22-15-10-6-13(20)7-11-15)27-19-24-23-17(25(19)2)12-4-8-14(21)9-5-12/h4-11,16H,3,21H2,1-2H3,(H,22,26)/t16-/m0/s1. The molecule has 1 heterocycles. The topological polar surface area (TPSA) is 85.8 Å². The van der Waals surface area contributed by atoms with Crippen LogP contribution in [0.4, 0.5) is 11.4 Å². The van der Waals surface area contributed by atoms with Gasteiger partial charge in [-0.3, -0.25) is 4.79 Å².